The number of nitrogens with zero attached hydrogens (tertiary/aromatic N) is 1. The van der Waals surface area contributed by atoms with Crippen LogP contribution in [0.5, 0.6) is 0 Å². The van der Waals surface area contributed by atoms with Gasteiger partial charge in [-0.3, -0.25) is 9.59 Å². The predicted octanol–water partition coefficient (Wildman–Crippen LogP) is 3.81. The van der Waals surface area contributed by atoms with Crippen LogP contribution in [0.15, 0.2) is 48.5 Å². The second-order valence-electron chi connectivity index (χ2n) is 6.54. The Morgan fingerprint density at radius 3 is 1.93 bits per heavy atom. The van der Waals surface area contributed by atoms with E-state index in [0.717, 1.165) is 24.3 Å². The zero-order valence-corrected chi connectivity index (χ0v) is 14.0. The van der Waals surface area contributed by atoms with Crippen LogP contribution in [0, 0.1) is 0 Å². The van der Waals surface area contributed by atoms with E-state index in [-0.39, 0.29) is 22.3 Å². The molecule has 0 bridgehead atoms. The standard InChI is InChI=1S/C19H11F4NO4/c20-18(21)9-14(19(18,22)23)10-5-7-11(8-6-10)17(27)28-24-15(25)12-3-1-2-4-13(12)16(24)26/h1-8,14H,9H2. The SMILES string of the molecule is O=C(ON1C(=O)c2ccccc2C1=O)c1ccc(C2CC(F)(F)C2(F)F)cc1. The Hall–Kier alpha value is -3.23. The summed E-state index contributed by atoms with van der Waals surface area (Å²) in [6.07, 6.45) is -0.987. The van der Waals surface area contributed by atoms with Crippen LogP contribution in [0.25, 0.3) is 0 Å². The number of hydroxylamine groups is 2. The van der Waals surface area contributed by atoms with Gasteiger partial charge < -0.3 is 4.84 Å². The van der Waals surface area contributed by atoms with Crippen molar-refractivity contribution < 1.29 is 36.8 Å². The largest absolute Gasteiger partial charge is 0.363 e. The van der Waals surface area contributed by atoms with Crippen LogP contribution in [0.1, 0.15) is 49.0 Å². The second-order valence-corrected chi connectivity index (χ2v) is 6.54. The molecule has 0 saturated heterocycles. The number of amides is 2. The van der Waals surface area contributed by atoms with Crippen molar-refractivity contribution in [1.29, 1.82) is 0 Å². The minimum atomic E-state index is -4.16. The minimum Gasteiger partial charge on any atom is -0.324 e. The summed E-state index contributed by atoms with van der Waals surface area (Å²) in [7, 11) is 0. The van der Waals surface area contributed by atoms with E-state index in [2.05, 4.69) is 0 Å². The number of hydrogen-bond acceptors (Lipinski definition) is 4. The molecule has 1 fully saturated rings. The molecule has 28 heavy (non-hydrogen) atoms. The molecule has 4 rings (SSSR count). The Morgan fingerprint density at radius 2 is 1.46 bits per heavy atom. The van der Waals surface area contributed by atoms with Crippen molar-refractivity contribution in [1.82, 2.24) is 5.06 Å². The van der Waals surface area contributed by atoms with Crippen LogP contribution in [0.4, 0.5) is 17.6 Å². The lowest BCUT2D eigenvalue weighted by Gasteiger charge is -2.44. The normalized spacial score (nSPS) is 21.9. The number of fused-ring (bicyclic) bond motifs is 1. The molecule has 1 heterocycles. The molecule has 0 N–H and O–H groups in total. The average molecular weight is 393 g/mol. The van der Waals surface area contributed by atoms with Gasteiger partial charge in [0.15, 0.2) is 0 Å². The molecule has 2 aliphatic rings. The van der Waals surface area contributed by atoms with Gasteiger partial charge in [-0.15, -0.1) is 0 Å². The van der Waals surface area contributed by atoms with E-state index in [4.69, 9.17) is 4.84 Å². The predicted molar refractivity (Wildman–Crippen MR) is 86.1 cm³/mol. The van der Waals surface area contributed by atoms with Crippen LogP contribution < -0.4 is 0 Å². The van der Waals surface area contributed by atoms with E-state index in [1.165, 1.54) is 12.1 Å². The molecule has 2 aromatic carbocycles. The van der Waals surface area contributed by atoms with Crippen molar-refractivity contribution in [3.05, 3.63) is 70.8 Å². The maximum absolute atomic E-state index is 13.5. The van der Waals surface area contributed by atoms with Gasteiger partial charge in [-0.05, 0) is 29.8 Å². The van der Waals surface area contributed by atoms with Crippen molar-refractivity contribution in [2.75, 3.05) is 0 Å². The summed E-state index contributed by atoms with van der Waals surface area (Å²) >= 11 is 0. The highest BCUT2D eigenvalue weighted by Gasteiger charge is 2.71. The van der Waals surface area contributed by atoms with E-state index < -0.39 is 42.0 Å². The molecule has 1 unspecified atom stereocenters. The molecule has 5 nitrogen and oxygen atoms in total. The van der Waals surface area contributed by atoms with Gasteiger partial charge in [-0.2, -0.15) is 17.6 Å². The van der Waals surface area contributed by atoms with E-state index >= 15 is 0 Å². The molecule has 0 spiro atoms. The summed E-state index contributed by atoms with van der Waals surface area (Å²) in [5, 5.41) is 0.321. The first-order valence-electron chi connectivity index (χ1n) is 8.19. The Kier molecular flexibility index (Phi) is 3.81. The second kappa shape index (κ2) is 5.88. The highest BCUT2D eigenvalue weighted by atomic mass is 19.3. The van der Waals surface area contributed by atoms with Crippen LogP contribution in [-0.4, -0.2) is 34.7 Å². The first-order chi connectivity index (χ1) is 13.1. The molecule has 1 atom stereocenters. The first-order valence-corrected chi connectivity index (χ1v) is 8.19. The van der Waals surface area contributed by atoms with Crippen molar-refractivity contribution in [2.24, 2.45) is 0 Å². The Bertz CT molecular complexity index is 968. The lowest BCUT2D eigenvalue weighted by atomic mass is 9.72. The van der Waals surface area contributed by atoms with Crippen molar-refractivity contribution in [3.63, 3.8) is 0 Å². The highest BCUT2D eigenvalue weighted by Crippen LogP contribution is 2.59. The van der Waals surface area contributed by atoms with Crippen LogP contribution in [-0.2, 0) is 4.84 Å². The number of imide groups is 1. The Balaban J connectivity index is 1.48. The monoisotopic (exact) mass is 393 g/mol. The third kappa shape index (κ3) is 2.49. The quantitative estimate of drug-likeness (QED) is 0.588. The Morgan fingerprint density at radius 1 is 0.929 bits per heavy atom. The summed E-state index contributed by atoms with van der Waals surface area (Å²) in [5.41, 5.74) is -0.00417. The number of carbonyl (C=O) groups excluding carboxylic acids is 3. The lowest BCUT2D eigenvalue weighted by molar-refractivity contribution is -0.290. The van der Waals surface area contributed by atoms with Gasteiger partial charge in [-0.25, -0.2) is 4.79 Å². The average Bonchev–Trinajstić information content (AvgIpc) is 2.91. The van der Waals surface area contributed by atoms with E-state index in [0.29, 0.717) is 5.06 Å². The maximum atomic E-state index is 13.5. The highest BCUT2D eigenvalue weighted by molar-refractivity contribution is 6.21. The fourth-order valence-corrected chi connectivity index (χ4v) is 3.21. The van der Waals surface area contributed by atoms with Gasteiger partial charge in [0.2, 0.25) is 0 Å². The third-order valence-corrected chi connectivity index (χ3v) is 4.87. The smallest absolute Gasteiger partial charge is 0.324 e. The minimum absolute atomic E-state index is 0.0480. The van der Waals surface area contributed by atoms with Gasteiger partial charge in [0, 0.05) is 6.42 Å². The van der Waals surface area contributed by atoms with E-state index in [1.54, 1.807) is 12.1 Å². The number of carbonyl (C=O) groups is 3. The fourth-order valence-electron chi connectivity index (χ4n) is 3.21. The van der Waals surface area contributed by atoms with Gasteiger partial charge in [0.25, 0.3) is 11.8 Å². The van der Waals surface area contributed by atoms with Gasteiger partial charge in [0.05, 0.1) is 22.6 Å². The molecular formula is C19H11F4NO4. The zero-order valence-electron chi connectivity index (χ0n) is 14.0. The number of rotatable bonds is 3. The molecule has 9 heteroatoms. The van der Waals surface area contributed by atoms with Crippen molar-refractivity contribution in [2.45, 2.75) is 24.2 Å². The van der Waals surface area contributed by atoms with E-state index in [1.807, 2.05) is 0 Å². The van der Waals surface area contributed by atoms with Gasteiger partial charge in [0.1, 0.15) is 0 Å². The summed E-state index contributed by atoms with van der Waals surface area (Å²) < 4.78 is 52.9. The summed E-state index contributed by atoms with van der Waals surface area (Å²) in [6.45, 7) is 0. The maximum Gasteiger partial charge on any atom is 0.363 e. The molecule has 0 aromatic heterocycles. The topological polar surface area (TPSA) is 63.7 Å². The molecule has 144 valence electrons. The van der Waals surface area contributed by atoms with Crippen molar-refractivity contribution >= 4 is 17.8 Å². The molecule has 0 radical (unpaired) electrons. The van der Waals surface area contributed by atoms with Crippen LogP contribution in [0.3, 0.4) is 0 Å². The number of benzene rings is 2. The number of hydrogen-bond donors (Lipinski definition) is 0. The van der Waals surface area contributed by atoms with E-state index in [9.17, 15) is 31.9 Å². The molecule has 1 saturated carbocycles. The van der Waals surface area contributed by atoms with Gasteiger partial charge >= 0.3 is 17.8 Å². The summed E-state index contributed by atoms with van der Waals surface area (Å²) in [5.74, 6) is -12.5. The molecule has 1 aliphatic heterocycles. The summed E-state index contributed by atoms with van der Waals surface area (Å²) in [4.78, 5) is 41.4. The Labute approximate surface area is 155 Å². The fraction of sp³-hybridized carbons (Fsp3) is 0.211. The molecule has 2 aromatic rings. The van der Waals surface area contributed by atoms with Crippen LogP contribution in [0.2, 0.25) is 0 Å². The number of alkyl halides is 4. The molecular weight excluding hydrogens is 382 g/mol. The zero-order chi connectivity index (χ0) is 20.3. The van der Waals surface area contributed by atoms with Crippen LogP contribution >= 0.6 is 0 Å². The lowest BCUT2D eigenvalue weighted by Crippen LogP contribution is -2.56. The third-order valence-electron chi connectivity index (χ3n) is 4.87. The molecule has 1 aliphatic carbocycles. The first kappa shape index (κ1) is 18.1. The van der Waals surface area contributed by atoms with Crippen molar-refractivity contribution in [3.8, 4) is 0 Å². The summed E-state index contributed by atoms with van der Waals surface area (Å²) in [6, 6.07) is 10.4. The van der Waals surface area contributed by atoms with Gasteiger partial charge in [-0.1, -0.05) is 29.3 Å². The number of halogens is 4. The molecule has 2 amide bonds.